The molecular weight excluding hydrogens is 240 g/mol. The molecule has 0 bridgehead atoms. The number of rotatable bonds is 6. The molecule has 0 spiro atoms. The normalized spacial score (nSPS) is 14.8. The Labute approximate surface area is 115 Å². The highest BCUT2D eigenvalue weighted by molar-refractivity contribution is 5.44. The molecule has 2 N–H and O–H groups in total. The minimum Gasteiger partial charge on any atom is -0.368 e. The van der Waals surface area contributed by atoms with E-state index in [2.05, 4.69) is 33.7 Å². The molecule has 0 aromatic carbocycles. The maximum absolute atomic E-state index is 5.80. The summed E-state index contributed by atoms with van der Waals surface area (Å²) in [6.07, 6.45) is 3.58. The van der Waals surface area contributed by atoms with Gasteiger partial charge in [-0.2, -0.15) is 15.0 Å². The molecule has 1 aliphatic carbocycles. The Morgan fingerprint density at radius 2 is 1.79 bits per heavy atom. The molecule has 1 aliphatic rings. The number of nitrogens with zero attached hydrogens (tertiary/aromatic N) is 5. The van der Waals surface area contributed by atoms with Crippen LogP contribution in [-0.4, -0.2) is 41.6 Å². The van der Waals surface area contributed by atoms with Gasteiger partial charge in [0.2, 0.25) is 17.8 Å². The van der Waals surface area contributed by atoms with Gasteiger partial charge in [0, 0.05) is 26.7 Å². The van der Waals surface area contributed by atoms with Crippen LogP contribution in [0.3, 0.4) is 0 Å². The summed E-state index contributed by atoms with van der Waals surface area (Å²) in [7, 11) is 3.82. The molecule has 106 valence electrons. The first-order chi connectivity index (χ1) is 8.97. The van der Waals surface area contributed by atoms with Crippen molar-refractivity contribution in [2.75, 3.05) is 36.2 Å². The first kappa shape index (κ1) is 13.8. The standard InChI is InChI=1S/C13H24N6/c1-9(2)7-8-19(10-5-6-10)13-16-11(14)15-12(17-13)18(3)4/h9-10H,5-8H2,1-4H3,(H2,14,15,16,17). The van der Waals surface area contributed by atoms with Crippen LogP contribution in [0, 0.1) is 5.92 Å². The third-order valence-corrected chi connectivity index (χ3v) is 3.22. The molecule has 6 heteroatoms. The van der Waals surface area contributed by atoms with E-state index in [1.165, 1.54) is 12.8 Å². The third kappa shape index (κ3) is 3.68. The summed E-state index contributed by atoms with van der Waals surface area (Å²) >= 11 is 0. The number of anilines is 3. The van der Waals surface area contributed by atoms with Gasteiger partial charge in [-0.05, 0) is 25.2 Å². The van der Waals surface area contributed by atoms with Gasteiger partial charge < -0.3 is 15.5 Å². The predicted molar refractivity (Wildman–Crippen MR) is 78.4 cm³/mol. The van der Waals surface area contributed by atoms with E-state index in [4.69, 9.17) is 5.73 Å². The van der Waals surface area contributed by atoms with Crippen molar-refractivity contribution >= 4 is 17.8 Å². The Hall–Kier alpha value is -1.59. The number of aromatic nitrogens is 3. The number of hydrogen-bond acceptors (Lipinski definition) is 6. The van der Waals surface area contributed by atoms with Crippen molar-refractivity contribution in [3.05, 3.63) is 0 Å². The molecule has 0 aliphatic heterocycles. The largest absolute Gasteiger partial charge is 0.368 e. The van der Waals surface area contributed by atoms with Gasteiger partial charge in [-0.15, -0.1) is 0 Å². The Morgan fingerprint density at radius 3 is 2.32 bits per heavy atom. The smallest absolute Gasteiger partial charge is 0.232 e. The summed E-state index contributed by atoms with van der Waals surface area (Å²) in [5, 5.41) is 0. The zero-order valence-electron chi connectivity index (χ0n) is 12.3. The summed E-state index contributed by atoms with van der Waals surface area (Å²) in [6, 6.07) is 0.579. The highest BCUT2D eigenvalue weighted by atomic mass is 15.4. The molecule has 0 unspecified atom stereocenters. The van der Waals surface area contributed by atoms with Gasteiger partial charge in [0.15, 0.2) is 0 Å². The third-order valence-electron chi connectivity index (χ3n) is 3.22. The lowest BCUT2D eigenvalue weighted by Gasteiger charge is -2.24. The Balaban J connectivity index is 2.20. The second-order valence-electron chi connectivity index (χ2n) is 5.80. The van der Waals surface area contributed by atoms with Crippen molar-refractivity contribution in [3.63, 3.8) is 0 Å². The molecule has 0 saturated heterocycles. The van der Waals surface area contributed by atoms with Gasteiger partial charge >= 0.3 is 0 Å². The fraction of sp³-hybridized carbons (Fsp3) is 0.769. The second-order valence-corrected chi connectivity index (χ2v) is 5.80. The van der Waals surface area contributed by atoms with E-state index in [1.54, 1.807) is 0 Å². The molecule has 0 amide bonds. The molecule has 1 aromatic rings. The average molecular weight is 264 g/mol. The average Bonchev–Trinajstić information content (AvgIpc) is 3.12. The van der Waals surface area contributed by atoms with Crippen molar-refractivity contribution in [1.82, 2.24) is 15.0 Å². The van der Waals surface area contributed by atoms with Crippen molar-refractivity contribution in [1.29, 1.82) is 0 Å². The molecule has 19 heavy (non-hydrogen) atoms. The minimum absolute atomic E-state index is 0.295. The van der Waals surface area contributed by atoms with Crippen molar-refractivity contribution < 1.29 is 0 Å². The molecule has 0 atom stereocenters. The van der Waals surface area contributed by atoms with Gasteiger partial charge in [-0.25, -0.2) is 0 Å². The molecule has 1 saturated carbocycles. The van der Waals surface area contributed by atoms with Crippen molar-refractivity contribution in [2.24, 2.45) is 5.92 Å². The van der Waals surface area contributed by atoms with E-state index < -0.39 is 0 Å². The lowest BCUT2D eigenvalue weighted by molar-refractivity contribution is 0.565. The van der Waals surface area contributed by atoms with Crippen LogP contribution >= 0.6 is 0 Å². The van der Waals surface area contributed by atoms with Gasteiger partial charge in [-0.3, -0.25) is 0 Å². The van der Waals surface area contributed by atoms with Crippen LogP contribution < -0.4 is 15.5 Å². The highest BCUT2D eigenvalue weighted by Crippen LogP contribution is 2.31. The summed E-state index contributed by atoms with van der Waals surface area (Å²) in [4.78, 5) is 17.1. The SMILES string of the molecule is CC(C)CCN(c1nc(N)nc(N(C)C)n1)C1CC1. The van der Waals surface area contributed by atoms with E-state index in [1.807, 2.05) is 19.0 Å². The second kappa shape index (κ2) is 5.59. The van der Waals surface area contributed by atoms with Crippen molar-refractivity contribution in [3.8, 4) is 0 Å². The number of nitrogens with two attached hydrogens (primary N) is 1. The summed E-state index contributed by atoms with van der Waals surface area (Å²) < 4.78 is 0. The molecular formula is C13H24N6. The number of hydrogen-bond donors (Lipinski definition) is 1. The molecule has 6 nitrogen and oxygen atoms in total. The molecule has 0 radical (unpaired) electrons. The van der Waals surface area contributed by atoms with Gasteiger partial charge in [0.25, 0.3) is 0 Å². The molecule has 1 fully saturated rings. The first-order valence-electron chi connectivity index (χ1n) is 6.93. The van der Waals surface area contributed by atoms with Crippen LogP contribution in [-0.2, 0) is 0 Å². The quantitative estimate of drug-likeness (QED) is 0.840. The zero-order valence-corrected chi connectivity index (χ0v) is 12.3. The van der Waals surface area contributed by atoms with E-state index in [9.17, 15) is 0 Å². The fourth-order valence-electron chi connectivity index (χ4n) is 1.93. The lowest BCUT2D eigenvalue weighted by Crippen LogP contribution is -2.30. The maximum atomic E-state index is 5.80. The maximum Gasteiger partial charge on any atom is 0.232 e. The Morgan fingerprint density at radius 1 is 1.16 bits per heavy atom. The van der Waals surface area contributed by atoms with Crippen LogP contribution in [0.4, 0.5) is 17.8 Å². The monoisotopic (exact) mass is 264 g/mol. The molecule has 1 heterocycles. The zero-order chi connectivity index (χ0) is 14.0. The molecule has 1 aromatic heterocycles. The van der Waals surface area contributed by atoms with Crippen LogP contribution in [0.1, 0.15) is 33.1 Å². The van der Waals surface area contributed by atoms with Crippen LogP contribution in [0.25, 0.3) is 0 Å². The summed E-state index contributed by atoms with van der Waals surface area (Å²) in [6.45, 7) is 5.45. The van der Waals surface area contributed by atoms with E-state index in [-0.39, 0.29) is 0 Å². The fourth-order valence-corrected chi connectivity index (χ4v) is 1.93. The first-order valence-corrected chi connectivity index (χ1v) is 6.93. The topological polar surface area (TPSA) is 71.2 Å². The van der Waals surface area contributed by atoms with E-state index >= 15 is 0 Å². The number of nitrogen functional groups attached to an aromatic ring is 1. The van der Waals surface area contributed by atoms with Crippen LogP contribution in [0.15, 0.2) is 0 Å². The van der Waals surface area contributed by atoms with Gasteiger partial charge in [-0.1, -0.05) is 13.8 Å². The predicted octanol–water partition coefficient (Wildman–Crippen LogP) is 1.53. The van der Waals surface area contributed by atoms with Gasteiger partial charge in [0.05, 0.1) is 0 Å². The molecule has 2 rings (SSSR count). The lowest BCUT2D eigenvalue weighted by atomic mass is 10.1. The van der Waals surface area contributed by atoms with E-state index in [0.29, 0.717) is 23.9 Å². The minimum atomic E-state index is 0.295. The van der Waals surface area contributed by atoms with Crippen molar-refractivity contribution in [2.45, 2.75) is 39.2 Å². The van der Waals surface area contributed by atoms with E-state index in [0.717, 1.165) is 18.9 Å². The van der Waals surface area contributed by atoms with Crippen LogP contribution in [0.2, 0.25) is 0 Å². The van der Waals surface area contributed by atoms with Gasteiger partial charge in [0.1, 0.15) is 0 Å². The highest BCUT2D eigenvalue weighted by Gasteiger charge is 2.31. The summed E-state index contributed by atoms with van der Waals surface area (Å²) in [5.74, 6) is 2.31. The summed E-state index contributed by atoms with van der Waals surface area (Å²) in [5.41, 5.74) is 5.80. The Bertz CT molecular complexity index is 427. The Kier molecular flexibility index (Phi) is 4.07. The van der Waals surface area contributed by atoms with Crippen LogP contribution in [0.5, 0.6) is 0 Å².